The molecule has 2 aromatic heterocycles. The Hall–Kier alpha value is -3.12. The summed E-state index contributed by atoms with van der Waals surface area (Å²) in [5.41, 5.74) is -1.44. The zero-order valence-corrected chi connectivity index (χ0v) is 18.9. The van der Waals surface area contributed by atoms with E-state index >= 15 is 0 Å². The van der Waals surface area contributed by atoms with Gasteiger partial charge in [-0.05, 0) is 37.5 Å². The lowest BCUT2D eigenvalue weighted by atomic mass is 10.1. The number of aromatic nitrogens is 1. The monoisotopic (exact) mass is 501 g/mol. The maximum atomic E-state index is 13.2. The average Bonchev–Trinajstić information content (AvgIpc) is 2.76. The Morgan fingerprint density at radius 1 is 1.03 bits per heavy atom. The van der Waals surface area contributed by atoms with Crippen molar-refractivity contribution >= 4 is 21.0 Å². The van der Waals surface area contributed by atoms with Gasteiger partial charge in [0, 0.05) is 17.6 Å². The maximum Gasteiger partial charge on any atom is 0.418 e. The van der Waals surface area contributed by atoms with Crippen LogP contribution in [0, 0.1) is 0 Å². The van der Waals surface area contributed by atoms with Crippen molar-refractivity contribution in [3.8, 4) is 11.5 Å². The van der Waals surface area contributed by atoms with Crippen molar-refractivity contribution in [1.29, 1.82) is 0 Å². The Morgan fingerprint density at radius 2 is 1.74 bits per heavy atom. The van der Waals surface area contributed by atoms with Crippen LogP contribution in [0.25, 0.3) is 10.9 Å². The first-order valence-electron chi connectivity index (χ1n) is 10.2. The van der Waals surface area contributed by atoms with Crippen molar-refractivity contribution in [3.05, 3.63) is 64.3 Å². The van der Waals surface area contributed by atoms with Crippen LogP contribution in [0.5, 0.6) is 11.5 Å². The van der Waals surface area contributed by atoms with Crippen LogP contribution in [0.4, 0.5) is 13.2 Å². The third-order valence-corrected chi connectivity index (χ3v) is 5.15. The summed E-state index contributed by atoms with van der Waals surface area (Å²) in [6.45, 7) is 0.127. The van der Waals surface area contributed by atoms with Gasteiger partial charge in [0.25, 0.3) is 10.1 Å². The molecule has 1 aromatic carbocycles. The fourth-order valence-electron chi connectivity index (χ4n) is 3.04. The number of hydrogen-bond donors (Lipinski definition) is 0. The fraction of sp³-hybridized carbons (Fsp3) is 0.364. The predicted molar refractivity (Wildman–Crippen MR) is 116 cm³/mol. The SMILES string of the molecule is CS(=O)(=O)OCc1cc(=O)c(OCCCCCOc2ccnc3c(C(F)(F)F)cccc23)co1. The van der Waals surface area contributed by atoms with Gasteiger partial charge in [0.1, 0.15) is 24.4 Å². The number of rotatable bonds is 11. The largest absolute Gasteiger partial charge is 0.493 e. The number of ether oxygens (including phenoxy) is 2. The van der Waals surface area contributed by atoms with Gasteiger partial charge >= 0.3 is 6.18 Å². The van der Waals surface area contributed by atoms with Crippen LogP contribution in [0.15, 0.2) is 52.0 Å². The zero-order chi connectivity index (χ0) is 24.8. The van der Waals surface area contributed by atoms with E-state index < -0.39 is 33.9 Å². The number of pyridine rings is 1. The molecule has 0 aliphatic rings. The van der Waals surface area contributed by atoms with Crippen LogP contribution >= 0.6 is 0 Å². The molecule has 0 radical (unpaired) electrons. The highest BCUT2D eigenvalue weighted by Crippen LogP contribution is 2.36. The van der Waals surface area contributed by atoms with E-state index in [1.807, 2.05) is 0 Å². The predicted octanol–water partition coefficient (Wildman–Crippen LogP) is 4.31. The third-order valence-electron chi connectivity index (χ3n) is 4.61. The molecule has 3 rings (SSSR count). The summed E-state index contributed by atoms with van der Waals surface area (Å²) >= 11 is 0. The van der Waals surface area contributed by atoms with Gasteiger partial charge in [-0.25, -0.2) is 0 Å². The highest BCUT2D eigenvalue weighted by molar-refractivity contribution is 7.85. The first-order valence-corrected chi connectivity index (χ1v) is 12.0. The fourth-order valence-corrected chi connectivity index (χ4v) is 3.37. The van der Waals surface area contributed by atoms with Crippen LogP contribution in [0.2, 0.25) is 0 Å². The van der Waals surface area contributed by atoms with Gasteiger partial charge in [0.2, 0.25) is 11.2 Å². The van der Waals surface area contributed by atoms with Crippen molar-refractivity contribution < 1.29 is 39.7 Å². The summed E-state index contributed by atoms with van der Waals surface area (Å²) in [5, 5.41) is 0.290. The summed E-state index contributed by atoms with van der Waals surface area (Å²) in [6.07, 6.45) is 0.645. The van der Waals surface area contributed by atoms with E-state index in [4.69, 9.17) is 13.9 Å². The quantitative estimate of drug-likeness (QED) is 0.283. The minimum absolute atomic E-state index is 0.0110. The summed E-state index contributed by atoms with van der Waals surface area (Å²) < 4.78 is 82.2. The highest BCUT2D eigenvalue weighted by Gasteiger charge is 2.33. The number of unbranched alkanes of at least 4 members (excludes halogenated alkanes) is 2. The van der Waals surface area contributed by atoms with Crippen LogP contribution in [-0.2, 0) is 27.1 Å². The van der Waals surface area contributed by atoms with Gasteiger partial charge in [-0.3, -0.25) is 14.0 Å². The lowest BCUT2D eigenvalue weighted by molar-refractivity contribution is -0.136. The Bertz CT molecular complexity index is 1290. The maximum absolute atomic E-state index is 13.2. The third kappa shape index (κ3) is 7.19. The minimum atomic E-state index is -4.51. The molecule has 3 aromatic rings. The average molecular weight is 501 g/mol. The second kappa shape index (κ2) is 10.9. The second-order valence-electron chi connectivity index (χ2n) is 7.31. The van der Waals surface area contributed by atoms with Crippen LogP contribution < -0.4 is 14.9 Å². The summed E-state index contributed by atoms with van der Waals surface area (Å²) in [5.74, 6) is 0.360. The number of halogens is 3. The summed E-state index contributed by atoms with van der Waals surface area (Å²) in [6, 6.07) is 6.45. The standard InChI is InChI=1S/C22H22F3NO7S/c1-34(28,29)33-13-15-12-18(27)20(14-32-15)31-11-4-2-3-10-30-19-8-9-26-21-16(19)6-5-7-17(21)22(23,24)25/h5-9,12,14H,2-4,10-11,13H2,1H3. The zero-order valence-electron chi connectivity index (χ0n) is 18.1. The van der Waals surface area contributed by atoms with Crippen LogP contribution in [0.3, 0.4) is 0 Å². The van der Waals surface area contributed by atoms with Crippen molar-refractivity contribution in [2.45, 2.75) is 32.0 Å². The molecular formula is C22H22F3NO7S. The van der Waals surface area contributed by atoms with Crippen molar-refractivity contribution in [2.75, 3.05) is 19.5 Å². The number of benzene rings is 1. The topological polar surface area (TPSA) is 105 Å². The Kier molecular flexibility index (Phi) is 8.15. The Morgan fingerprint density at radius 3 is 2.38 bits per heavy atom. The van der Waals surface area contributed by atoms with Crippen molar-refractivity contribution in [1.82, 2.24) is 4.98 Å². The van der Waals surface area contributed by atoms with E-state index in [1.54, 1.807) is 0 Å². The van der Waals surface area contributed by atoms with E-state index in [2.05, 4.69) is 9.17 Å². The van der Waals surface area contributed by atoms with Crippen LogP contribution in [-0.4, -0.2) is 32.9 Å². The smallest absolute Gasteiger partial charge is 0.418 e. The molecule has 34 heavy (non-hydrogen) atoms. The summed E-state index contributed by atoms with van der Waals surface area (Å²) in [7, 11) is -3.66. The Labute approximate surface area is 193 Å². The molecule has 0 aliphatic carbocycles. The van der Waals surface area contributed by atoms with E-state index in [1.165, 1.54) is 24.4 Å². The van der Waals surface area contributed by atoms with E-state index in [9.17, 15) is 26.4 Å². The van der Waals surface area contributed by atoms with Crippen LogP contribution in [0.1, 0.15) is 30.6 Å². The molecule has 0 saturated heterocycles. The van der Waals surface area contributed by atoms with Gasteiger partial charge < -0.3 is 13.9 Å². The van der Waals surface area contributed by atoms with Gasteiger partial charge in [0.05, 0.1) is 30.5 Å². The first kappa shape index (κ1) is 25.5. The lowest BCUT2D eigenvalue weighted by Crippen LogP contribution is -2.10. The van der Waals surface area contributed by atoms with E-state index in [0.717, 1.165) is 24.7 Å². The number of hydrogen-bond acceptors (Lipinski definition) is 8. The molecule has 2 heterocycles. The molecule has 0 fully saturated rings. The molecule has 0 aliphatic heterocycles. The Balaban J connectivity index is 1.43. The van der Waals surface area contributed by atoms with Gasteiger partial charge in [-0.2, -0.15) is 21.6 Å². The molecule has 184 valence electrons. The molecule has 0 bridgehead atoms. The van der Waals surface area contributed by atoms with Crippen molar-refractivity contribution in [3.63, 3.8) is 0 Å². The normalized spacial score (nSPS) is 12.1. The number of para-hydroxylation sites is 1. The van der Waals surface area contributed by atoms with Crippen molar-refractivity contribution in [2.24, 2.45) is 0 Å². The minimum Gasteiger partial charge on any atom is -0.493 e. The van der Waals surface area contributed by atoms with Gasteiger partial charge in [0.15, 0.2) is 0 Å². The number of fused-ring (bicyclic) bond motifs is 1. The molecule has 0 unspecified atom stereocenters. The van der Waals surface area contributed by atoms with Gasteiger partial charge in [-0.15, -0.1) is 0 Å². The highest BCUT2D eigenvalue weighted by atomic mass is 32.2. The molecule has 8 nitrogen and oxygen atoms in total. The molecular weight excluding hydrogens is 479 g/mol. The molecule has 0 amide bonds. The molecule has 0 spiro atoms. The summed E-state index contributed by atoms with van der Waals surface area (Å²) in [4.78, 5) is 15.9. The molecule has 12 heteroatoms. The number of nitrogens with zero attached hydrogens (tertiary/aromatic N) is 1. The lowest BCUT2D eigenvalue weighted by Gasteiger charge is -2.13. The molecule has 0 atom stereocenters. The number of alkyl halides is 3. The first-order chi connectivity index (χ1) is 16.0. The van der Waals surface area contributed by atoms with E-state index in [0.29, 0.717) is 25.0 Å². The van der Waals surface area contributed by atoms with Gasteiger partial charge in [-0.1, -0.05) is 6.07 Å². The second-order valence-corrected chi connectivity index (χ2v) is 8.95. The molecule has 0 N–H and O–H groups in total. The van der Waals surface area contributed by atoms with E-state index in [-0.39, 0.29) is 35.6 Å². The molecule has 0 saturated carbocycles.